The highest BCUT2D eigenvalue weighted by Gasteiger charge is 2.20. The molecule has 1 fully saturated rings. The van der Waals surface area contributed by atoms with E-state index in [4.69, 9.17) is 10.8 Å². The van der Waals surface area contributed by atoms with Crippen molar-refractivity contribution in [3.05, 3.63) is 29.6 Å². The van der Waals surface area contributed by atoms with E-state index in [9.17, 15) is 4.79 Å². The summed E-state index contributed by atoms with van der Waals surface area (Å²) in [5, 5.41) is 8.97. The third-order valence-electron chi connectivity index (χ3n) is 3.57. The summed E-state index contributed by atoms with van der Waals surface area (Å²) in [5.74, 6) is -0.0283. The summed E-state index contributed by atoms with van der Waals surface area (Å²) in [5.41, 5.74) is 6.91. The van der Waals surface area contributed by atoms with E-state index in [0.29, 0.717) is 25.3 Å². The minimum Gasteiger partial charge on any atom is -0.395 e. The lowest BCUT2D eigenvalue weighted by Gasteiger charge is -2.21. The van der Waals surface area contributed by atoms with E-state index >= 15 is 0 Å². The van der Waals surface area contributed by atoms with Crippen LogP contribution in [-0.4, -0.2) is 65.1 Å². The Hall–Kier alpha value is -1.50. The zero-order chi connectivity index (χ0) is 14.4. The van der Waals surface area contributed by atoms with E-state index in [1.54, 1.807) is 12.3 Å². The SMILES string of the molecule is NCc1ccc(C(=O)N2CCCN(CCO)CC2)nc1. The molecule has 0 spiro atoms. The quantitative estimate of drug-likeness (QED) is 0.789. The van der Waals surface area contributed by atoms with Crippen LogP contribution in [0.15, 0.2) is 18.3 Å². The smallest absolute Gasteiger partial charge is 0.272 e. The summed E-state index contributed by atoms with van der Waals surface area (Å²) >= 11 is 0. The zero-order valence-electron chi connectivity index (χ0n) is 11.7. The van der Waals surface area contributed by atoms with Crippen molar-refractivity contribution in [2.45, 2.75) is 13.0 Å². The van der Waals surface area contributed by atoms with Crippen molar-refractivity contribution in [3.63, 3.8) is 0 Å². The molecule has 1 aromatic rings. The number of rotatable bonds is 4. The highest BCUT2D eigenvalue weighted by Crippen LogP contribution is 2.08. The topological polar surface area (TPSA) is 82.7 Å². The van der Waals surface area contributed by atoms with Gasteiger partial charge in [0.05, 0.1) is 6.61 Å². The Balaban J connectivity index is 1.97. The minimum absolute atomic E-state index is 0.0283. The Morgan fingerprint density at radius 1 is 1.30 bits per heavy atom. The maximum absolute atomic E-state index is 12.4. The van der Waals surface area contributed by atoms with Gasteiger partial charge in [-0.05, 0) is 24.6 Å². The van der Waals surface area contributed by atoms with Gasteiger partial charge in [0.25, 0.3) is 5.91 Å². The normalized spacial score (nSPS) is 17.0. The first-order valence-corrected chi connectivity index (χ1v) is 7.02. The molecule has 6 nitrogen and oxygen atoms in total. The summed E-state index contributed by atoms with van der Waals surface area (Å²) in [6, 6.07) is 3.58. The Labute approximate surface area is 119 Å². The minimum atomic E-state index is -0.0283. The number of aliphatic hydroxyl groups is 1. The molecular weight excluding hydrogens is 256 g/mol. The van der Waals surface area contributed by atoms with Gasteiger partial charge in [-0.15, -0.1) is 0 Å². The number of nitrogens with two attached hydrogens (primary N) is 1. The van der Waals surface area contributed by atoms with Crippen molar-refractivity contribution in [1.29, 1.82) is 0 Å². The summed E-state index contributed by atoms with van der Waals surface area (Å²) in [4.78, 5) is 20.6. The van der Waals surface area contributed by atoms with Crippen LogP contribution in [0.1, 0.15) is 22.5 Å². The molecule has 2 heterocycles. The first kappa shape index (κ1) is 14.9. The molecule has 110 valence electrons. The van der Waals surface area contributed by atoms with Gasteiger partial charge in [-0.3, -0.25) is 14.7 Å². The second-order valence-electron chi connectivity index (χ2n) is 4.97. The third-order valence-corrected chi connectivity index (χ3v) is 3.57. The van der Waals surface area contributed by atoms with Crippen molar-refractivity contribution in [2.75, 3.05) is 39.3 Å². The Morgan fingerprint density at radius 2 is 2.15 bits per heavy atom. The monoisotopic (exact) mass is 278 g/mol. The lowest BCUT2D eigenvalue weighted by atomic mass is 10.2. The standard InChI is InChI=1S/C14H22N4O2/c15-10-12-2-3-13(16-11-12)14(20)18-5-1-4-17(6-7-18)8-9-19/h2-3,11,19H,1,4-10,15H2. The molecule has 0 unspecified atom stereocenters. The Kier molecular flexibility index (Phi) is 5.46. The maximum Gasteiger partial charge on any atom is 0.272 e. The molecule has 0 radical (unpaired) electrons. The van der Waals surface area contributed by atoms with Gasteiger partial charge in [-0.2, -0.15) is 0 Å². The van der Waals surface area contributed by atoms with Crippen LogP contribution in [0.4, 0.5) is 0 Å². The van der Waals surface area contributed by atoms with E-state index in [0.717, 1.165) is 31.6 Å². The van der Waals surface area contributed by atoms with Gasteiger partial charge in [-0.1, -0.05) is 6.07 Å². The molecule has 1 saturated heterocycles. The zero-order valence-corrected chi connectivity index (χ0v) is 11.7. The van der Waals surface area contributed by atoms with Crippen LogP contribution in [0.25, 0.3) is 0 Å². The molecule has 0 saturated carbocycles. The van der Waals surface area contributed by atoms with Gasteiger partial charge in [0.15, 0.2) is 0 Å². The van der Waals surface area contributed by atoms with E-state index in [1.807, 2.05) is 11.0 Å². The number of hydrogen-bond donors (Lipinski definition) is 2. The summed E-state index contributed by atoms with van der Waals surface area (Å²) < 4.78 is 0. The van der Waals surface area contributed by atoms with Crippen LogP contribution in [0, 0.1) is 0 Å². The van der Waals surface area contributed by atoms with Gasteiger partial charge in [0.2, 0.25) is 0 Å². The fraction of sp³-hybridized carbons (Fsp3) is 0.571. The average Bonchev–Trinajstić information content (AvgIpc) is 2.73. The van der Waals surface area contributed by atoms with Crippen LogP contribution in [0.5, 0.6) is 0 Å². The molecule has 6 heteroatoms. The van der Waals surface area contributed by atoms with Crippen LogP contribution in [-0.2, 0) is 6.54 Å². The Bertz CT molecular complexity index is 435. The van der Waals surface area contributed by atoms with Gasteiger partial charge < -0.3 is 15.7 Å². The molecule has 1 aromatic heterocycles. The van der Waals surface area contributed by atoms with E-state index < -0.39 is 0 Å². The number of pyridine rings is 1. The number of carbonyl (C=O) groups is 1. The molecule has 0 bridgehead atoms. The van der Waals surface area contributed by atoms with E-state index in [1.165, 1.54) is 0 Å². The second kappa shape index (κ2) is 7.33. The molecule has 0 aliphatic carbocycles. The molecule has 1 amide bonds. The van der Waals surface area contributed by atoms with E-state index in [-0.39, 0.29) is 12.5 Å². The van der Waals surface area contributed by atoms with Crippen LogP contribution >= 0.6 is 0 Å². The van der Waals surface area contributed by atoms with Crippen LogP contribution in [0.3, 0.4) is 0 Å². The number of nitrogens with zero attached hydrogens (tertiary/aromatic N) is 3. The predicted molar refractivity (Wildman–Crippen MR) is 76.2 cm³/mol. The highest BCUT2D eigenvalue weighted by molar-refractivity contribution is 5.92. The fourth-order valence-corrected chi connectivity index (χ4v) is 2.37. The maximum atomic E-state index is 12.4. The van der Waals surface area contributed by atoms with Crippen molar-refractivity contribution in [2.24, 2.45) is 5.73 Å². The number of hydrogen-bond acceptors (Lipinski definition) is 5. The number of aliphatic hydroxyl groups excluding tert-OH is 1. The molecule has 0 atom stereocenters. The lowest BCUT2D eigenvalue weighted by molar-refractivity contribution is 0.0754. The molecular formula is C14H22N4O2. The Morgan fingerprint density at radius 3 is 2.80 bits per heavy atom. The van der Waals surface area contributed by atoms with Crippen LogP contribution in [0.2, 0.25) is 0 Å². The summed E-state index contributed by atoms with van der Waals surface area (Å²) in [6.07, 6.45) is 2.58. The average molecular weight is 278 g/mol. The summed E-state index contributed by atoms with van der Waals surface area (Å²) in [7, 11) is 0. The molecule has 3 N–H and O–H groups in total. The number of amides is 1. The van der Waals surface area contributed by atoms with Crippen molar-refractivity contribution in [1.82, 2.24) is 14.8 Å². The molecule has 2 rings (SSSR count). The number of carbonyl (C=O) groups excluding carboxylic acids is 1. The van der Waals surface area contributed by atoms with Gasteiger partial charge in [-0.25, -0.2) is 0 Å². The molecule has 1 aliphatic heterocycles. The number of aromatic nitrogens is 1. The van der Waals surface area contributed by atoms with Crippen molar-refractivity contribution >= 4 is 5.91 Å². The van der Waals surface area contributed by atoms with Crippen molar-refractivity contribution < 1.29 is 9.90 Å². The van der Waals surface area contributed by atoms with Crippen molar-refractivity contribution in [3.8, 4) is 0 Å². The largest absolute Gasteiger partial charge is 0.395 e. The van der Waals surface area contributed by atoms with Crippen LogP contribution < -0.4 is 5.73 Å². The second-order valence-corrected chi connectivity index (χ2v) is 4.97. The summed E-state index contributed by atoms with van der Waals surface area (Å²) in [6.45, 7) is 4.40. The van der Waals surface area contributed by atoms with Gasteiger partial charge in [0.1, 0.15) is 5.69 Å². The highest BCUT2D eigenvalue weighted by atomic mass is 16.3. The number of β-amino-alcohol motifs (C(OH)–C–C–N with tert-alkyl or cyclic N) is 1. The molecule has 1 aliphatic rings. The fourth-order valence-electron chi connectivity index (χ4n) is 2.37. The van der Waals surface area contributed by atoms with E-state index in [2.05, 4.69) is 9.88 Å². The predicted octanol–water partition coefficient (Wildman–Crippen LogP) is -0.320. The first-order valence-electron chi connectivity index (χ1n) is 7.02. The molecule has 20 heavy (non-hydrogen) atoms. The van der Waals surface area contributed by atoms with Gasteiger partial charge in [0, 0.05) is 38.9 Å². The van der Waals surface area contributed by atoms with Gasteiger partial charge >= 0.3 is 0 Å². The first-order chi connectivity index (χ1) is 9.74. The molecule has 0 aromatic carbocycles. The third kappa shape index (κ3) is 3.75. The lowest BCUT2D eigenvalue weighted by Crippen LogP contribution is -2.36.